The van der Waals surface area contributed by atoms with Crippen molar-refractivity contribution in [3.8, 4) is 5.69 Å². The molecule has 1 aliphatic rings. The summed E-state index contributed by atoms with van der Waals surface area (Å²) in [4.78, 5) is 26.2. The maximum atomic E-state index is 13.3. The van der Waals surface area contributed by atoms with Crippen molar-refractivity contribution < 1.29 is 9.18 Å². The Labute approximate surface area is 209 Å². The van der Waals surface area contributed by atoms with Crippen LogP contribution in [0.15, 0.2) is 73.1 Å². The molecule has 1 amide bonds. The van der Waals surface area contributed by atoms with Crippen molar-refractivity contribution in [1.82, 2.24) is 24.6 Å². The minimum absolute atomic E-state index is 0.0626. The van der Waals surface area contributed by atoms with Gasteiger partial charge in [-0.05, 0) is 67.4 Å². The van der Waals surface area contributed by atoms with Crippen LogP contribution in [0.1, 0.15) is 22.0 Å². The minimum atomic E-state index is -0.387. The van der Waals surface area contributed by atoms with E-state index in [1.54, 1.807) is 19.1 Å². The van der Waals surface area contributed by atoms with E-state index in [4.69, 9.17) is 0 Å². The van der Waals surface area contributed by atoms with Gasteiger partial charge >= 0.3 is 0 Å². The number of carbonyl (C=O) groups is 1. The van der Waals surface area contributed by atoms with Crippen molar-refractivity contribution >= 4 is 17.3 Å². The third-order valence-corrected chi connectivity index (χ3v) is 6.37. The second-order valence-corrected chi connectivity index (χ2v) is 8.78. The van der Waals surface area contributed by atoms with Crippen molar-refractivity contribution in [1.29, 1.82) is 0 Å². The number of carbonyl (C=O) groups excluding carboxylic acids is 1. The van der Waals surface area contributed by atoms with Gasteiger partial charge in [0.2, 0.25) is 5.82 Å². The van der Waals surface area contributed by atoms with E-state index in [1.165, 1.54) is 22.4 Å². The highest BCUT2D eigenvalue weighted by molar-refractivity contribution is 6.03. The zero-order valence-corrected chi connectivity index (χ0v) is 20.1. The molecule has 2 aromatic carbocycles. The van der Waals surface area contributed by atoms with Gasteiger partial charge < -0.3 is 10.2 Å². The lowest BCUT2D eigenvalue weighted by molar-refractivity contribution is 0.101. The monoisotopic (exact) mass is 485 g/mol. The Hall–Kier alpha value is -4.11. The van der Waals surface area contributed by atoms with Crippen LogP contribution in [0.25, 0.3) is 5.69 Å². The average molecular weight is 486 g/mol. The molecule has 0 bridgehead atoms. The third kappa shape index (κ3) is 5.41. The highest BCUT2D eigenvalue weighted by Gasteiger charge is 2.21. The Balaban J connectivity index is 1.23. The molecule has 2 aromatic heterocycles. The van der Waals surface area contributed by atoms with E-state index in [2.05, 4.69) is 42.3 Å². The second-order valence-electron chi connectivity index (χ2n) is 8.78. The number of anilines is 2. The number of nitrogens with zero attached hydrogens (tertiary/aromatic N) is 6. The number of aryl methyl sites for hydroxylation is 1. The van der Waals surface area contributed by atoms with Gasteiger partial charge in [-0.15, -0.1) is 5.10 Å². The number of pyridine rings is 1. The zero-order chi connectivity index (χ0) is 24.9. The molecule has 4 aromatic rings. The average Bonchev–Trinajstić information content (AvgIpc) is 3.31. The molecular weight excluding hydrogens is 457 g/mol. The molecule has 0 saturated carbocycles. The first-order valence-corrected chi connectivity index (χ1v) is 12.0. The lowest BCUT2D eigenvalue weighted by atomic mass is 10.1. The molecule has 9 heteroatoms. The van der Waals surface area contributed by atoms with Crippen LogP contribution in [-0.4, -0.2) is 63.3 Å². The Bertz CT molecular complexity index is 1320. The Morgan fingerprint density at radius 2 is 1.69 bits per heavy atom. The van der Waals surface area contributed by atoms with Gasteiger partial charge in [0.15, 0.2) is 0 Å². The first kappa shape index (κ1) is 23.6. The number of para-hydroxylation sites is 2. The van der Waals surface area contributed by atoms with E-state index < -0.39 is 0 Å². The fourth-order valence-electron chi connectivity index (χ4n) is 4.40. The summed E-state index contributed by atoms with van der Waals surface area (Å²) in [6, 6.07) is 17.8. The molecule has 1 saturated heterocycles. The fraction of sp³-hybridized carbons (Fsp3) is 0.259. The van der Waals surface area contributed by atoms with Gasteiger partial charge in [0.05, 0.1) is 17.1 Å². The van der Waals surface area contributed by atoms with Crippen LogP contribution in [0.2, 0.25) is 0 Å². The second kappa shape index (κ2) is 10.7. The van der Waals surface area contributed by atoms with Crippen molar-refractivity contribution in [3.05, 3.63) is 96.1 Å². The molecule has 0 aliphatic carbocycles. The minimum Gasteiger partial charge on any atom is -0.367 e. The lowest BCUT2D eigenvalue weighted by Crippen LogP contribution is -2.47. The molecule has 0 atom stereocenters. The predicted octanol–water partition coefficient (Wildman–Crippen LogP) is 3.73. The standard InChI is InChI=1S/C27H28FN7O/c1-20-30-26(32-35(20)23-8-6-22(28)7-9-23)27(36)31-24-4-2-3-5-25(24)34-18-16-33(17-19-34)15-12-21-10-13-29-14-11-21/h2-11,13-14H,12,15-19H2,1H3,(H,31,36). The van der Waals surface area contributed by atoms with Gasteiger partial charge in [-0.1, -0.05) is 12.1 Å². The summed E-state index contributed by atoms with van der Waals surface area (Å²) >= 11 is 0. The van der Waals surface area contributed by atoms with Gasteiger partial charge in [0.25, 0.3) is 5.91 Å². The largest absolute Gasteiger partial charge is 0.367 e. The molecule has 3 heterocycles. The summed E-state index contributed by atoms with van der Waals surface area (Å²) in [6.07, 6.45) is 4.68. The highest BCUT2D eigenvalue weighted by atomic mass is 19.1. The molecular formula is C27H28FN7O. The summed E-state index contributed by atoms with van der Waals surface area (Å²) in [5, 5.41) is 7.33. The van der Waals surface area contributed by atoms with Crippen LogP contribution in [-0.2, 0) is 6.42 Å². The van der Waals surface area contributed by atoms with E-state index in [0.29, 0.717) is 11.5 Å². The summed E-state index contributed by atoms with van der Waals surface area (Å²) in [7, 11) is 0. The van der Waals surface area contributed by atoms with Gasteiger partial charge in [-0.25, -0.2) is 14.1 Å². The summed E-state index contributed by atoms with van der Waals surface area (Å²) in [6.45, 7) is 6.43. The van der Waals surface area contributed by atoms with Crippen LogP contribution >= 0.6 is 0 Å². The molecule has 1 fully saturated rings. The Kier molecular flexibility index (Phi) is 6.99. The maximum absolute atomic E-state index is 13.3. The summed E-state index contributed by atoms with van der Waals surface area (Å²) < 4.78 is 14.8. The number of aromatic nitrogens is 4. The summed E-state index contributed by atoms with van der Waals surface area (Å²) in [5.74, 6) is -0.112. The normalized spacial score (nSPS) is 14.1. The molecule has 1 aliphatic heterocycles. The zero-order valence-electron chi connectivity index (χ0n) is 20.1. The molecule has 5 rings (SSSR count). The van der Waals surface area contributed by atoms with Crippen LogP contribution < -0.4 is 10.2 Å². The smallest absolute Gasteiger partial charge is 0.295 e. The number of rotatable bonds is 7. The van der Waals surface area contributed by atoms with E-state index in [0.717, 1.165) is 50.5 Å². The van der Waals surface area contributed by atoms with E-state index in [1.807, 2.05) is 36.7 Å². The number of halogens is 1. The van der Waals surface area contributed by atoms with Crippen LogP contribution in [0, 0.1) is 12.7 Å². The number of nitrogens with one attached hydrogen (secondary N) is 1. The van der Waals surface area contributed by atoms with Crippen molar-refractivity contribution in [3.63, 3.8) is 0 Å². The van der Waals surface area contributed by atoms with Crippen molar-refractivity contribution in [2.75, 3.05) is 42.9 Å². The fourth-order valence-corrected chi connectivity index (χ4v) is 4.40. The molecule has 0 radical (unpaired) electrons. The molecule has 36 heavy (non-hydrogen) atoms. The van der Waals surface area contributed by atoms with Crippen molar-refractivity contribution in [2.45, 2.75) is 13.3 Å². The molecule has 1 N–H and O–H groups in total. The molecule has 0 spiro atoms. The van der Waals surface area contributed by atoms with Gasteiger partial charge in [-0.3, -0.25) is 14.7 Å². The van der Waals surface area contributed by atoms with E-state index in [9.17, 15) is 9.18 Å². The van der Waals surface area contributed by atoms with Crippen LogP contribution in [0.4, 0.5) is 15.8 Å². The number of hydrogen-bond acceptors (Lipinski definition) is 6. The number of piperazine rings is 1. The number of benzene rings is 2. The number of amides is 1. The van der Waals surface area contributed by atoms with Gasteiger partial charge in [0, 0.05) is 45.1 Å². The van der Waals surface area contributed by atoms with E-state index in [-0.39, 0.29) is 17.5 Å². The Morgan fingerprint density at radius 1 is 0.972 bits per heavy atom. The first-order chi connectivity index (χ1) is 17.6. The molecule has 184 valence electrons. The number of hydrogen-bond donors (Lipinski definition) is 1. The van der Waals surface area contributed by atoms with Gasteiger partial charge in [0.1, 0.15) is 11.6 Å². The molecule has 0 unspecified atom stereocenters. The SMILES string of the molecule is Cc1nc(C(=O)Nc2ccccc2N2CCN(CCc3ccncc3)CC2)nn1-c1ccc(F)cc1. The van der Waals surface area contributed by atoms with Crippen molar-refractivity contribution in [2.24, 2.45) is 0 Å². The van der Waals surface area contributed by atoms with E-state index >= 15 is 0 Å². The highest BCUT2D eigenvalue weighted by Crippen LogP contribution is 2.27. The quantitative estimate of drug-likeness (QED) is 0.430. The van der Waals surface area contributed by atoms with Gasteiger partial charge in [-0.2, -0.15) is 0 Å². The lowest BCUT2D eigenvalue weighted by Gasteiger charge is -2.37. The predicted molar refractivity (Wildman–Crippen MR) is 137 cm³/mol. The first-order valence-electron chi connectivity index (χ1n) is 12.0. The van der Waals surface area contributed by atoms with Crippen LogP contribution in [0.3, 0.4) is 0 Å². The molecule has 8 nitrogen and oxygen atoms in total. The maximum Gasteiger partial charge on any atom is 0.295 e. The third-order valence-electron chi connectivity index (χ3n) is 6.37. The Morgan fingerprint density at radius 3 is 2.44 bits per heavy atom. The summed E-state index contributed by atoms with van der Waals surface area (Å²) in [5.41, 5.74) is 3.65. The van der Waals surface area contributed by atoms with Crippen LogP contribution in [0.5, 0.6) is 0 Å². The topological polar surface area (TPSA) is 79.2 Å².